The minimum absolute atomic E-state index is 0.0524. The normalized spacial score (nSPS) is 11.2. The van der Waals surface area contributed by atoms with Gasteiger partial charge in [-0.1, -0.05) is 12.1 Å². The minimum atomic E-state index is -3.89. The summed E-state index contributed by atoms with van der Waals surface area (Å²) in [4.78, 5) is 23.2. The number of nitrogens with one attached hydrogen (secondary N) is 2. The Morgan fingerprint density at radius 1 is 1.00 bits per heavy atom. The average molecular weight is 441 g/mol. The van der Waals surface area contributed by atoms with Gasteiger partial charge in [-0.3, -0.25) is 9.59 Å². The monoisotopic (exact) mass is 440 g/mol. The zero-order chi connectivity index (χ0) is 22.6. The molecule has 31 heavy (non-hydrogen) atoms. The van der Waals surface area contributed by atoms with E-state index in [1.54, 1.807) is 0 Å². The Morgan fingerprint density at radius 2 is 1.65 bits per heavy atom. The molecule has 1 heterocycles. The van der Waals surface area contributed by atoms with Crippen LogP contribution >= 0.6 is 0 Å². The average Bonchev–Trinajstić information content (AvgIpc) is 3.04. The quantitative estimate of drug-likeness (QED) is 0.587. The number of sulfonamides is 1. The summed E-state index contributed by atoms with van der Waals surface area (Å²) in [5, 5.41) is 7.20. The Bertz CT molecular complexity index is 1200. The molecule has 0 spiro atoms. The Morgan fingerprint density at radius 3 is 2.19 bits per heavy atom. The van der Waals surface area contributed by atoms with Gasteiger partial charge in [-0.25, -0.2) is 17.8 Å². The topological polar surface area (TPSA) is 110 Å². The predicted molar refractivity (Wildman–Crippen MR) is 117 cm³/mol. The predicted octanol–water partition coefficient (Wildman–Crippen LogP) is 2.89. The summed E-state index contributed by atoms with van der Waals surface area (Å²) in [6, 6.07) is 15.5. The highest BCUT2D eigenvalue weighted by molar-refractivity contribution is 7.90. The fourth-order valence-corrected chi connectivity index (χ4v) is 4.13. The summed E-state index contributed by atoms with van der Waals surface area (Å²) in [6.45, 7) is 5.07. The maximum atomic E-state index is 12.2. The number of rotatable bonds is 7. The number of carbonyl (C=O) groups is 2. The molecule has 2 aromatic carbocycles. The number of amides is 2. The highest BCUT2D eigenvalue weighted by Gasteiger charge is 2.15. The molecule has 8 nitrogen and oxygen atoms in total. The zero-order valence-corrected chi connectivity index (χ0v) is 18.4. The fourth-order valence-electron chi connectivity index (χ4n) is 3.14. The van der Waals surface area contributed by atoms with E-state index in [0.717, 1.165) is 29.6 Å². The molecule has 1 aromatic heterocycles. The van der Waals surface area contributed by atoms with Crippen LogP contribution in [-0.2, 0) is 26.0 Å². The second-order valence-electron chi connectivity index (χ2n) is 7.24. The lowest BCUT2D eigenvalue weighted by atomic mass is 10.1. The molecule has 162 valence electrons. The number of aryl methyl sites for hydroxylation is 3. The molecule has 3 aromatic rings. The molecule has 0 aliphatic carbocycles. The second kappa shape index (κ2) is 9.13. The third kappa shape index (κ3) is 5.79. The van der Waals surface area contributed by atoms with Crippen LogP contribution < -0.4 is 10.0 Å². The number of anilines is 1. The van der Waals surface area contributed by atoms with Crippen molar-refractivity contribution in [2.24, 2.45) is 0 Å². The van der Waals surface area contributed by atoms with Crippen LogP contribution in [0.2, 0.25) is 0 Å². The maximum absolute atomic E-state index is 12.2. The molecule has 0 bridgehead atoms. The van der Waals surface area contributed by atoms with Gasteiger partial charge in [0.05, 0.1) is 16.3 Å². The van der Waals surface area contributed by atoms with E-state index < -0.39 is 15.9 Å². The molecular formula is C22H24N4O4S. The first-order chi connectivity index (χ1) is 14.6. The summed E-state index contributed by atoms with van der Waals surface area (Å²) in [5.41, 5.74) is 4.48. The van der Waals surface area contributed by atoms with Crippen molar-refractivity contribution in [2.45, 2.75) is 38.5 Å². The highest BCUT2D eigenvalue weighted by atomic mass is 32.2. The number of nitrogens with zero attached hydrogens (tertiary/aromatic N) is 2. The lowest BCUT2D eigenvalue weighted by molar-refractivity contribution is -0.117. The van der Waals surface area contributed by atoms with Crippen LogP contribution in [0.4, 0.5) is 5.69 Å². The fraction of sp³-hybridized carbons (Fsp3) is 0.227. The van der Waals surface area contributed by atoms with Crippen molar-refractivity contribution in [1.29, 1.82) is 0 Å². The molecular weight excluding hydrogens is 416 g/mol. The van der Waals surface area contributed by atoms with Gasteiger partial charge in [0, 0.05) is 24.7 Å². The molecule has 0 aliphatic rings. The van der Waals surface area contributed by atoms with Crippen LogP contribution in [0.5, 0.6) is 0 Å². The van der Waals surface area contributed by atoms with Crippen LogP contribution in [-0.4, -0.2) is 30.0 Å². The van der Waals surface area contributed by atoms with Crippen molar-refractivity contribution in [1.82, 2.24) is 14.5 Å². The first kappa shape index (κ1) is 22.2. The number of benzene rings is 2. The Balaban J connectivity index is 1.55. The lowest BCUT2D eigenvalue weighted by Crippen LogP contribution is -2.28. The Kier molecular flexibility index (Phi) is 6.55. The van der Waals surface area contributed by atoms with E-state index in [-0.39, 0.29) is 17.2 Å². The lowest BCUT2D eigenvalue weighted by Gasteiger charge is -2.08. The van der Waals surface area contributed by atoms with Gasteiger partial charge in [0.25, 0.3) is 10.0 Å². The summed E-state index contributed by atoms with van der Waals surface area (Å²) in [5.74, 6) is -0.847. The van der Waals surface area contributed by atoms with Gasteiger partial charge < -0.3 is 5.32 Å². The van der Waals surface area contributed by atoms with Gasteiger partial charge in [-0.2, -0.15) is 5.10 Å². The maximum Gasteiger partial charge on any atom is 0.264 e. The van der Waals surface area contributed by atoms with Gasteiger partial charge in [0.15, 0.2) is 0 Å². The van der Waals surface area contributed by atoms with Gasteiger partial charge in [-0.15, -0.1) is 0 Å². The van der Waals surface area contributed by atoms with Crippen molar-refractivity contribution in [3.63, 3.8) is 0 Å². The third-order valence-electron chi connectivity index (χ3n) is 4.56. The van der Waals surface area contributed by atoms with E-state index in [1.807, 2.05) is 53.6 Å². The number of aromatic nitrogens is 2. The van der Waals surface area contributed by atoms with Crippen LogP contribution in [0.25, 0.3) is 5.69 Å². The second-order valence-corrected chi connectivity index (χ2v) is 8.92. The molecule has 3 rings (SSSR count). The van der Waals surface area contributed by atoms with E-state index in [1.165, 1.54) is 24.3 Å². The number of carbonyl (C=O) groups excluding carboxylic acids is 2. The molecule has 2 amide bonds. The van der Waals surface area contributed by atoms with Gasteiger partial charge in [0.2, 0.25) is 11.8 Å². The van der Waals surface area contributed by atoms with Crippen molar-refractivity contribution in [3.8, 4) is 5.69 Å². The molecule has 0 fully saturated rings. The van der Waals surface area contributed by atoms with Crippen molar-refractivity contribution in [2.75, 3.05) is 5.32 Å². The number of hydrogen-bond donors (Lipinski definition) is 2. The standard InChI is InChI=1S/C22H24N4O4S/c1-15-14-16(2)26(24-15)20-9-4-18(5-10-20)6-13-22(28)23-19-7-11-21(12-8-19)31(29,30)25-17(3)27/h4-5,7-12,14H,6,13H2,1-3H3,(H,23,28)(H,25,27). The Hall–Kier alpha value is -3.46. The van der Waals surface area contributed by atoms with E-state index in [9.17, 15) is 18.0 Å². The van der Waals surface area contributed by atoms with E-state index >= 15 is 0 Å². The Labute approximate surface area is 181 Å². The summed E-state index contributed by atoms with van der Waals surface area (Å²) in [6.07, 6.45) is 0.851. The van der Waals surface area contributed by atoms with Crippen LogP contribution in [0, 0.1) is 13.8 Å². The van der Waals surface area contributed by atoms with Gasteiger partial charge in [0.1, 0.15) is 0 Å². The summed E-state index contributed by atoms with van der Waals surface area (Å²) in [7, 11) is -3.89. The van der Waals surface area contributed by atoms with Crippen molar-refractivity contribution >= 4 is 27.5 Å². The van der Waals surface area contributed by atoms with Crippen molar-refractivity contribution < 1.29 is 18.0 Å². The molecule has 0 radical (unpaired) electrons. The SMILES string of the molecule is CC(=O)NS(=O)(=O)c1ccc(NC(=O)CCc2ccc(-n3nc(C)cc3C)cc2)cc1. The molecule has 2 N–H and O–H groups in total. The molecule has 0 aliphatic heterocycles. The smallest absolute Gasteiger partial charge is 0.264 e. The third-order valence-corrected chi connectivity index (χ3v) is 6.01. The molecule has 0 unspecified atom stereocenters. The minimum Gasteiger partial charge on any atom is -0.326 e. The first-order valence-electron chi connectivity index (χ1n) is 9.70. The number of hydrogen-bond acceptors (Lipinski definition) is 5. The van der Waals surface area contributed by atoms with E-state index in [4.69, 9.17) is 0 Å². The van der Waals surface area contributed by atoms with Gasteiger partial charge in [-0.05, 0) is 68.3 Å². The summed E-state index contributed by atoms with van der Waals surface area (Å²) >= 11 is 0. The molecule has 9 heteroatoms. The van der Waals surface area contributed by atoms with Crippen LogP contribution in [0.1, 0.15) is 30.3 Å². The van der Waals surface area contributed by atoms with E-state index in [2.05, 4.69) is 10.4 Å². The van der Waals surface area contributed by atoms with Crippen LogP contribution in [0.3, 0.4) is 0 Å². The van der Waals surface area contributed by atoms with Crippen LogP contribution in [0.15, 0.2) is 59.5 Å². The van der Waals surface area contributed by atoms with E-state index in [0.29, 0.717) is 12.1 Å². The molecule has 0 atom stereocenters. The largest absolute Gasteiger partial charge is 0.326 e. The molecule has 0 saturated heterocycles. The highest BCUT2D eigenvalue weighted by Crippen LogP contribution is 2.16. The van der Waals surface area contributed by atoms with Crippen molar-refractivity contribution in [3.05, 3.63) is 71.5 Å². The zero-order valence-electron chi connectivity index (χ0n) is 17.5. The molecule has 0 saturated carbocycles. The first-order valence-corrected chi connectivity index (χ1v) is 11.2. The summed E-state index contributed by atoms with van der Waals surface area (Å²) < 4.78 is 27.7. The van der Waals surface area contributed by atoms with Gasteiger partial charge >= 0.3 is 0 Å².